The summed E-state index contributed by atoms with van der Waals surface area (Å²) in [6.45, 7) is 5.79. The fourth-order valence-electron chi connectivity index (χ4n) is 2.18. The molecule has 9 heteroatoms. The van der Waals surface area contributed by atoms with Gasteiger partial charge in [-0.1, -0.05) is 13.8 Å². The number of hydrogen-bond donors (Lipinski definition) is 2. The molecule has 0 saturated carbocycles. The molecule has 1 heterocycles. The van der Waals surface area contributed by atoms with E-state index in [9.17, 15) is 19.2 Å². The van der Waals surface area contributed by atoms with Gasteiger partial charge in [0.25, 0.3) is 5.56 Å². The van der Waals surface area contributed by atoms with Crippen LogP contribution in [-0.2, 0) is 28.4 Å². The summed E-state index contributed by atoms with van der Waals surface area (Å²) in [7, 11) is 2.92. The molecule has 0 aliphatic carbocycles. The molecule has 0 aliphatic heterocycles. The van der Waals surface area contributed by atoms with Crippen LogP contribution in [0.1, 0.15) is 27.2 Å². The van der Waals surface area contributed by atoms with Gasteiger partial charge >= 0.3 is 11.7 Å². The van der Waals surface area contributed by atoms with Crippen molar-refractivity contribution in [2.75, 3.05) is 18.5 Å². The molecule has 0 fully saturated rings. The van der Waals surface area contributed by atoms with Crippen LogP contribution in [0, 0.1) is 5.92 Å². The standard InChI is InChI=1S/C16H26N4O5/c1-6-25-15(23)14(10(2)3)18-12(21)7-8-17-11-9-13(22)20(5)16(24)19(11)4/h9-10,14,17H,6-8H2,1-5H3,(H,18,21)/t14-/m1/s1. The second kappa shape index (κ2) is 9.05. The van der Waals surface area contributed by atoms with E-state index < -0.39 is 23.3 Å². The third kappa shape index (κ3) is 5.47. The minimum atomic E-state index is -0.708. The van der Waals surface area contributed by atoms with Gasteiger partial charge in [-0.15, -0.1) is 0 Å². The lowest BCUT2D eigenvalue weighted by molar-refractivity contribution is -0.148. The molecule has 0 bridgehead atoms. The first-order valence-electron chi connectivity index (χ1n) is 8.16. The van der Waals surface area contributed by atoms with Gasteiger partial charge in [-0.2, -0.15) is 0 Å². The number of nitrogens with one attached hydrogen (secondary N) is 2. The Bertz CT molecular complexity index is 735. The molecule has 140 valence electrons. The lowest BCUT2D eigenvalue weighted by Crippen LogP contribution is -2.45. The summed E-state index contributed by atoms with van der Waals surface area (Å²) in [6, 6.07) is 0.579. The third-order valence-corrected chi connectivity index (χ3v) is 3.71. The highest BCUT2D eigenvalue weighted by Gasteiger charge is 2.25. The van der Waals surface area contributed by atoms with E-state index in [1.165, 1.54) is 24.7 Å². The van der Waals surface area contributed by atoms with Crippen LogP contribution in [0.2, 0.25) is 0 Å². The van der Waals surface area contributed by atoms with Gasteiger partial charge in [-0.05, 0) is 12.8 Å². The maximum Gasteiger partial charge on any atom is 0.332 e. The lowest BCUT2D eigenvalue weighted by Gasteiger charge is -2.20. The molecular weight excluding hydrogens is 328 g/mol. The molecule has 25 heavy (non-hydrogen) atoms. The van der Waals surface area contributed by atoms with Crippen molar-refractivity contribution in [1.29, 1.82) is 0 Å². The van der Waals surface area contributed by atoms with Gasteiger partial charge in [0.2, 0.25) is 5.91 Å². The molecule has 1 rings (SSSR count). The van der Waals surface area contributed by atoms with Crippen LogP contribution >= 0.6 is 0 Å². The number of amides is 1. The zero-order valence-electron chi connectivity index (χ0n) is 15.3. The van der Waals surface area contributed by atoms with Gasteiger partial charge in [-0.25, -0.2) is 9.59 Å². The Morgan fingerprint density at radius 3 is 2.40 bits per heavy atom. The van der Waals surface area contributed by atoms with E-state index in [1.807, 2.05) is 13.8 Å². The number of aromatic nitrogens is 2. The fraction of sp³-hybridized carbons (Fsp3) is 0.625. The Morgan fingerprint density at radius 2 is 1.84 bits per heavy atom. The van der Waals surface area contributed by atoms with Crippen molar-refractivity contribution in [3.8, 4) is 0 Å². The summed E-state index contributed by atoms with van der Waals surface area (Å²) in [4.78, 5) is 47.3. The highest BCUT2D eigenvalue weighted by Crippen LogP contribution is 2.05. The number of anilines is 1. The molecular formula is C16H26N4O5. The van der Waals surface area contributed by atoms with Gasteiger partial charge in [0, 0.05) is 33.1 Å². The number of esters is 1. The molecule has 1 atom stereocenters. The van der Waals surface area contributed by atoms with Crippen LogP contribution in [-0.4, -0.2) is 40.2 Å². The van der Waals surface area contributed by atoms with Gasteiger partial charge in [0.1, 0.15) is 11.9 Å². The van der Waals surface area contributed by atoms with Crippen LogP contribution < -0.4 is 21.9 Å². The summed E-state index contributed by atoms with van der Waals surface area (Å²) < 4.78 is 7.23. The summed E-state index contributed by atoms with van der Waals surface area (Å²) in [5.74, 6) is -0.568. The van der Waals surface area contributed by atoms with E-state index in [1.54, 1.807) is 6.92 Å². The topological polar surface area (TPSA) is 111 Å². The maximum absolute atomic E-state index is 12.0. The molecule has 1 amide bonds. The van der Waals surface area contributed by atoms with Crippen molar-refractivity contribution in [1.82, 2.24) is 14.5 Å². The van der Waals surface area contributed by atoms with Gasteiger partial charge in [-0.3, -0.25) is 18.7 Å². The maximum atomic E-state index is 12.0. The highest BCUT2D eigenvalue weighted by molar-refractivity contribution is 5.84. The Hall–Kier alpha value is -2.58. The molecule has 0 aromatic carbocycles. The Morgan fingerprint density at radius 1 is 1.20 bits per heavy atom. The summed E-state index contributed by atoms with van der Waals surface area (Å²) in [6.07, 6.45) is 0.0754. The van der Waals surface area contributed by atoms with Crippen LogP contribution in [0.15, 0.2) is 15.7 Å². The van der Waals surface area contributed by atoms with E-state index >= 15 is 0 Å². The predicted octanol–water partition coefficient (Wildman–Crippen LogP) is -0.410. The lowest BCUT2D eigenvalue weighted by atomic mass is 10.0. The number of hydrogen-bond acceptors (Lipinski definition) is 6. The molecule has 1 aromatic heterocycles. The van der Waals surface area contributed by atoms with Gasteiger partial charge in [0.05, 0.1) is 6.61 Å². The Labute approximate surface area is 146 Å². The van der Waals surface area contributed by atoms with Crippen LogP contribution in [0.4, 0.5) is 5.82 Å². The molecule has 9 nitrogen and oxygen atoms in total. The highest BCUT2D eigenvalue weighted by atomic mass is 16.5. The third-order valence-electron chi connectivity index (χ3n) is 3.71. The summed E-state index contributed by atoms with van der Waals surface area (Å²) in [5, 5.41) is 5.53. The SMILES string of the molecule is CCOC(=O)[C@H](NC(=O)CCNc1cc(=O)n(C)c(=O)n1C)C(C)C. The van der Waals surface area contributed by atoms with Crippen LogP contribution in [0.5, 0.6) is 0 Å². The van der Waals surface area contributed by atoms with Crippen molar-refractivity contribution in [2.24, 2.45) is 20.0 Å². The first-order valence-corrected chi connectivity index (χ1v) is 8.16. The first kappa shape index (κ1) is 20.5. The first-order chi connectivity index (χ1) is 11.7. The molecule has 0 saturated heterocycles. The normalized spacial score (nSPS) is 11.9. The zero-order valence-corrected chi connectivity index (χ0v) is 15.3. The van der Waals surface area contributed by atoms with Crippen molar-refractivity contribution >= 4 is 17.7 Å². The molecule has 0 aliphatic rings. The molecule has 2 N–H and O–H groups in total. The number of rotatable bonds is 8. The second-order valence-electron chi connectivity index (χ2n) is 5.99. The van der Waals surface area contributed by atoms with E-state index in [0.717, 1.165) is 4.57 Å². The summed E-state index contributed by atoms with van der Waals surface area (Å²) >= 11 is 0. The van der Waals surface area contributed by atoms with Gasteiger partial charge < -0.3 is 15.4 Å². The second-order valence-corrected chi connectivity index (χ2v) is 5.99. The number of ether oxygens (including phenoxy) is 1. The van der Waals surface area contributed by atoms with Crippen molar-refractivity contribution in [3.05, 3.63) is 26.9 Å². The van der Waals surface area contributed by atoms with Crippen molar-refractivity contribution in [2.45, 2.75) is 33.2 Å². The minimum Gasteiger partial charge on any atom is -0.464 e. The smallest absolute Gasteiger partial charge is 0.332 e. The van der Waals surface area contributed by atoms with Gasteiger partial charge in [0.15, 0.2) is 0 Å². The van der Waals surface area contributed by atoms with Crippen molar-refractivity contribution in [3.63, 3.8) is 0 Å². The predicted molar refractivity (Wildman–Crippen MR) is 93.4 cm³/mol. The number of nitrogens with zero attached hydrogens (tertiary/aromatic N) is 2. The van der Waals surface area contributed by atoms with E-state index in [-0.39, 0.29) is 31.4 Å². The van der Waals surface area contributed by atoms with Crippen LogP contribution in [0.25, 0.3) is 0 Å². The zero-order chi connectivity index (χ0) is 19.1. The molecule has 1 aromatic rings. The minimum absolute atomic E-state index is 0.0754. The largest absolute Gasteiger partial charge is 0.464 e. The average Bonchev–Trinajstić information content (AvgIpc) is 2.55. The molecule has 0 spiro atoms. The summed E-state index contributed by atoms with van der Waals surface area (Å²) in [5.41, 5.74) is -0.890. The molecule has 0 radical (unpaired) electrons. The van der Waals surface area contributed by atoms with E-state index in [4.69, 9.17) is 4.74 Å². The van der Waals surface area contributed by atoms with E-state index in [2.05, 4.69) is 10.6 Å². The molecule has 0 unspecified atom stereocenters. The Kier molecular flexibility index (Phi) is 7.41. The van der Waals surface area contributed by atoms with E-state index in [0.29, 0.717) is 5.82 Å². The van der Waals surface area contributed by atoms with Crippen LogP contribution in [0.3, 0.4) is 0 Å². The monoisotopic (exact) mass is 354 g/mol. The Balaban J connectivity index is 2.64. The number of carbonyl (C=O) groups is 2. The average molecular weight is 354 g/mol. The fourth-order valence-corrected chi connectivity index (χ4v) is 2.18. The quantitative estimate of drug-likeness (QED) is 0.614. The number of carbonyl (C=O) groups excluding carboxylic acids is 2. The van der Waals surface area contributed by atoms with Crippen molar-refractivity contribution < 1.29 is 14.3 Å².